The van der Waals surface area contributed by atoms with Gasteiger partial charge < -0.3 is 20.2 Å². The van der Waals surface area contributed by atoms with Crippen LogP contribution in [0.2, 0.25) is 0 Å². The Hall–Kier alpha value is -2.83. The highest BCUT2D eigenvalue weighted by Crippen LogP contribution is 2.02. The molecule has 7 nitrogen and oxygen atoms in total. The molecule has 2 heterocycles. The average Bonchev–Trinajstić information content (AvgIpc) is 2.96. The third-order valence-corrected chi connectivity index (χ3v) is 2.53. The lowest BCUT2D eigenvalue weighted by atomic mass is 10.2. The molecule has 0 fully saturated rings. The van der Waals surface area contributed by atoms with Crippen LogP contribution in [0.1, 0.15) is 21.6 Å². The number of aromatic carboxylic acids is 1. The van der Waals surface area contributed by atoms with Crippen LogP contribution in [-0.4, -0.2) is 22.1 Å². The van der Waals surface area contributed by atoms with Crippen molar-refractivity contribution in [3.63, 3.8) is 0 Å². The van der Waals surface area contributed by atoms with Gasteiger partial charge in [0.15, 0.2) is 0 Å². The minimum absolute atomic E-state index is 0.135. The zero-order valence-electron chi connectivity index (χ0n) is 10.5. The molecule has 0 unspecified atom stereocenters. The number of hydrogen-bond donors (Lipinski definition) is 3. The summed E-state index contributed by atoms with van der Waals surface area (Å²) in [7, 11) is 0. The maximum atomic E-state index is 11.5. The van der Waals surface area contributed by atoms with Crippen molar-refractivity contribution in [2.75, 3.05) is 0 Å². The Morgan fingerprint density at radius 2 is 2.05 bits per heavy atom. The van der Waals surface area contributed by atoms with Gasteiger partial charge in [-0.3, -0.25) is 4.98 Å². The SMILES string of the molecule is O=C(NCc1ccoc1)NCc1cc(C(=O)O)ccn1. The van der Waals surface area contributed by atoms with Crippen molar-refractivity contribution in [1.82, 2.24) is 15.6 Å². The normalized spacial score (nSPS) is 10.0. The molecule has 0 saturated carbocycles. The van der Waals surface area contributed by atoms with Gasteiger partial charge in [0.05, 0.1) is 30.3 Å². The van der Waals surface area contributed by atoms with Crippen molar-refractivity contribution in [2.24, 2.45) is 0 Å². The molecule has 0 aliphatic carbocycles. The summed E-state index contributed by atoms with van der Waals surface area (Å²) in [4.78, 5) is 26.3. The van der Waals surface area contributed by atoms with Crippen LogP contribution in [-0.2, 0) is 13.1 Å². The number of rotatable bonds is 5. The van der Waals surface area contributed by atoms with Crippen molar-refractivity contribution in [2.45, 2.75) is 13.1 Å². The smallest absolute Gasteiger partial charge is 0.335 e. The number of carboxylic acids is 1. The Labute approximate surface area is 114 Å². The summed E-state index contributed by atoms with van der Waals surface area (Å²) >= 11 is 0. The molecule has 2 rings (SSSR count). The molecule has 0 spiro atoms. The van der Waals surface area contributed by atoms with Crippen molar-refractivity contribution in [3.8, 4) is 0 Å². The van der Waals surface area contributed by atoms with E-state index in [1.807, 2.05) is 0 Å². The van der Waals surface area contributed by atoms with E-state index in [-0.39, 0.29) is 18.1 Å². The van der Waals surface area contributed by atoms with E-state index in [9.17, 15) is 9.59 Å². The standard InChI is InChI=1S/C13H13N3O4/c17-12(18)10-1-3-14-11(5-10)7-16-13(19)15-6-9-2-4-20-8-9/h1-5,8H,6-7H2,(H,17,18)(H2,15,16,19). The van der Waals surface area contributed by atoms with Crippen LogP contribution in [0.5, 0.6) is 0 Å². The summed E-state index contributed by atoms with van der Waals surface area (Å²) in [5.74, 6) is -1.03. The fourth-order valence-corrected chi connectivity index (χ4v) is 1.52. The van der Waals surface area contributed by atoms with Crippen LogP contribution in [0.25, 0.3) is 0 Å². The summed E-state index contributed by atoms with van der Waals surface area (Å²) < 4.78 is 4.87. The van der Waals surface area contributed by atoms with Gasteiger partial charge in [0.25, 0.3) is 0 Å². The Morgan fingerprint density at radius 1 is 1.25 bits per heavy atom. The summed E-state index contributed by atoms with van der Waals surface area (Å²) in [5.41, 5.74) is 1.46. The first-order valence-corrected chi connectivity index (χ1v) is 5.86. The third-order valence-electron chi connectivity index (χ3n) is 2.53. The van der Waals surface area contributed by atoms with Crippen LogP contribution in [0.15, 0.2) is 41.3 Å². The topological polar surface area (TPSA) is 104 Å². The fraction of sp³-hybridized carbons (Fsp3) is 0.154. The van der Waals surface area contributed by atoms with Crippen LogP contribution < -0.4 is 10.6 Å². The molecule has 7 heteroatoms. The monoisotopic (exact) mass is 275 g/mol. The van der Waals surface area contributed by atoms with Crippen molar-refractivity contribution in [3.05, 3.63) is 53.7 Å². The molecule has 2 amide bonds. The van der Waals surface area contributed by atoms with E-state index in [1.165, 1.54) is 30.9 Å². The number of amides is 2. The van der Waals surface area contributed by atoms with E-state index < -0.39 is 5.97 Å². The van der Waals surface area contributed by atoms with Gasteiger partial charge in [-0.05, 0) is 18.2 Å². The van der Waals surface area contributed by atoms with Crippen LogP contribution in [0.4, 0.5) is 4.79 Å². The Kier molecular flexibility index (Phi) is 4.33. The maximum absolute atomic E-state index is 11.5. The zero-order valence-corrected chi connectivity index (χ0v) is 10.5. The van der Waals surface area contributed by atoms with E-state index in [0.29, 0.717) is 12.2 Å². The summed E-state index contributed by atoms with van der Waals surface area (Å²) in [6.07, 6.45) is 4.46. The molecule has 2 aromatic rings. The highest BCUT2D eigenvalue weighted by atomic mass is 16.4. The van der Waals surface area contributed by atoms with Crippen LogP contribution in [0.3, 0.4) is 0 Å². The molecule has 0 saturated heterocycles. The highest BCUT2D eigenvalue weighted by Gasteiger charge is 2.06. The molecule has 0 aromatic carbocycles. The van der Waals surface area contributed by atoms with Gasteiger partial charge in [0.2, 0.25) is 0 Å². The van der Waals surface area contributed by atoms with Crippen LogP contribution >= 0.6 is 0 Å². The minimum atomic E-state index is -1.03. The van der Waals surface area contributed by atoms with Gasteiger partial charge in [-0.2, -0.15) is 0 Å². The fourth-order valence-electron chi connectivity index (χ4n) is 1.52. The second-order valence-electron chi connectivity index (χ2n) is 4.01. The third kappa shape index (κ3) is 3.84. The summed E-state index contributed by atoms with van der Waals surface area (Å²) in [6, 6.07) is 4.19. The molecule has 0 aliphatic heterocycles. The molecule has 20 heavy (non-hydrogen) atoms. The predicted octanol–water partition coefficient (Wildman–Crippen LogP) is 1.37. The van der Waals surface area contributed by atoms with E-state index >= 15 is 0 Å². The molecule has 0 aliphatic rings. The second kappa shape index (κ2) is 6.37. The number of carbonyl (C=O) groups is 2. The number of urea groups is 1. The summed E-state index contributed by atoms with van der Waals surface area (Å²) in [6.45, 7) is 0.503. The number of pyridine rings is 1. The van der Waals surface area contributed by atoms with Crippen molar-refractivity contribution < 1.29 is 19.1 Å². The lowest BCUT2D eigenvalue weighted by Gasteiger charge is -2.06. The Balaban J connectivity index is 1.81. The quantitative estimate of drug-likeness (QED) is 0.764. The molecule has 3 N–H and O–H groups in total. The lowest BCUT2D eigenvalue weighted by molar-refractivity contribution is 0.0696. The van der Waals surface area contributed by atoms with Crippen molar-refractivity contribution in [1.29, 1.82) is 0 Å². The molecular weight excluding hydrogens is 262 g/mol. The molecule has 2 aromatic heterocycles. The predicted molar refractivity (Wildman–Crippen MR) is 69.0 cm³/mol. The van der Waals surface area contributed by atoms with Gasteiger partial charge in [0, 0.05) is 18.3 Å². The van der Waals surface area contributed by atoms with Crippen molar-refractivity contribution >= 4 is 12.0 Å². The molecule has 0 atom stereocenters. The Morgan fingerprint density at radius 3 is 2.75 bits per heavy atom. The van der Waals surface area contributed by atoms with E-state index in [2.05, 4.69) is 15.6 Å². The maximum Gasteiger partial charge on any atom is 0.335 e. The average molecular weight is 275 g/mol. The van der Waals surface area contributed by atoms with Gasteiger partial charge in [-0.1, -0.05) is 0 Å². The number of carbonyl (C=O) groups excluding carboxylic acids is 1. The first-order chi connectivity index (χ1) is 9.65. The molecular formula is C13H13N3O4. The van der Waals surface area contributed by atoms with E-state index in [1.54, 1.807) is 6.07 Å². The number of aromatic nitrogens is 1. The highest BCUT2D eigenvalue weighted by molar-refractivity contribution is 5.87. The zero-order chi connectivity index (χ0) is 14.4. The number of hydrogen-bond acceptors (Lipinski definition) is 4. The number of carboxylic acid groups (broad SMARTS) is 1. The van der Waals surface area contributed by atoms with Gasteiger partial charge in [-0.15, -0.1) is 0 Å². The van der Waals surface area contributed by atoms with Gasteiger partial charge >= 0.3 is 12.0 Å². The molecule has 0 bridgehead atoms. The van der Waals surface area contributed by atoms with E-state index in [0.717, 1.165) is 5.56 Å². The van der Waals surface area contributed by atoms with Gasteiger partial charge in [0.1, 0.15) is 0 Å². The van der Waals surface area contributed by atoms with Gasteiger partial charge in [-0.25, -0.2) is 9.59 Å². The molecule has 0 radical (unpaired) electrons. The number of nitrogens with one attached hydrogen (secondary N) is 2. The second-order valence-corrected chi connectivity index (χ2v) is 4.01. The summed E-state index contributed by atoms with van der Waals surface area (Å²) in [5, 5.41) is 14.1. The van der Waals surface area contributed by atoms with E-state index in [4.69, 9.17) is 9.52 Å². The molecule has 104 valence electrons. The first-order valence-electron chi connectivity index (χ1n) is 5.86. The Bertz CT molecular complexity index is 595. The minimum Gasteiger partial charge on any atom is -0.478 e. The lowest BCUT2D eigenvalue weighted by Crippen LogP contribution is -2.34. The first kappa shape index (κ1) is 13.6. The largest absolute Gasteiger partial charge is 0.478 e. The number of furan rings is 1. The van der Waals surface area contributed by atoms with Crippen LogP contribution in [0, 0.1) is 0 Å². The number of nitrogens with zero attached hydrogens (tertiary/aromatic N) is 1.